The van der Waals surface area contributed by atoms with Crippen molar-refractivity contribution in [2.24, 2.45) is 5.92 Å². The normalized spacial score (nSPS) is 16.0. The number of halogens is 1. The number of hydrogen-bond acceptors (Lipinski definition) is 2. The third kappa shape index (κ3) is 4.03. The molecule has 0 spiro atoms. The van der Waals surface area contributed by atoms with Gasteiger partial charge >= 0.3 is 5.97 Å². The van der Waals surface area contributed by atoms with Crippen molar-refractivity contribution in [3.05, 3.63) is 35.1 Å². The van der Waals surface area contributed by atoms with Gasteiger partial charge in [0, 0.05) is 19.5 Å². The molecule has 4 nitrogen and oxygen atoms in total. The maximum atomic E-state index is 13.7. The van der Waals surface area contributed by atoms with Crippen molar-refractivity contribution in [2.45, 2.75) is 32.6 Å². The molecule has 5 heteroatoms. The van der Waals surface area contributed by atoms with Crippen LogP contribution in [-0.2, 0) is 4.79 Å². The topological polar surface area (TPSA) is 57.6 Å². The highest BCUT2D eigenvalue weighted by Crippen LogP contribution is 2.23. The Morgan fingerprint density at radius 2 is 2.00 bits per heavy atom. The van der Waals surface area contributed by atoms with Crippen molar-refractivity contribution in [2.75, 3.05) is 13.1 Å². The molecule has 1 N–H and O–H groups in total. The molecule has 21 heavy (non-hydrogen) atoms. The first kappa shape index (κ1) is 15.5. The number of aryl methyl sites for hydroxylation is 1. The predicted octanol–water partition coefficient (Wildman–Crippen LogP) is 2.85. The zero-order valence-corrected chi connectivity index (χ0v) is 12.1. The van der Waals surface area contributed by atoms with Crippen molar-refractivity contribution < 1.29 is 19.1 Å². The fraction of sp³-hybridized carbons (Fsp3) is 0.500. The van der Waals surface area contributed by atoms with E-state index in [1.807, 2.05) is 6.92 Å². The first-order valence-electron chi connectivity index (χ1n) is 7.24. The van der Waals surface area contributed by atoms with E-state index in [9.17, 15) is 14.0 Å². The van der Waals surface area contributed by atoms with Crippen LogP contribution in [0.4, 0.5) is 4.39 Å². The van der Waals surface area contributed by atoms with E-state index in [0.29, 0.717) is 25.4 Å². The van der Waals surface area contributed by atoms with Crippen LogP contribution in [0.2, 0.25) is 0 Å². The number of rotatable bonds is 4. The number of benzene rings is 1. The molecule has 1 saturated heterocycles. The van der Waals surface area contributed by atoms with Crippen molar-refractivity contribution in [1.82, 2.24) is 4.90 Å². The van der Waals surface area contributed by atoms with E-state index in [0.717, 1.165) is 18.4 Å². The Hall–Kier alpha value is -1.91. The maximum Gasteiger partial charge on any atom is 0.303 e. The minimum absolute atomic E-state index is 0.124. The molecule has 1 aliphatic heterocycles. The van der Waals surface area contributed by atoms with Crippen LogP contribution in [0.3, 0.4) is 0 Å². The van der Waals surface area contributed by atoms with Crippen LogP contribution in [0.5, 0.6) is 0 Å². The third-order valence-electron chi connectivity index (χ3n) is 4.02. The maximum absolute atomic E-state index is 13.7. The summed E-state index contributed by atoms with van der Waals surface area (Å²) in [5.74, 6) is -1.20. The number of carbonyl (C=O) groups excluding carboxylic acids is 1. The fourth-order valence-electron chi connectivity index (χ4n) is 2.73. The molecule has 0 radical (unpaired) electrons. The molecule has 0 bridgehead atoms. The quantitative estimate of drug-likeness (QED) is 0.928. The minimum atomic E-state index is -0.782. The molecule has 2 rings (SSSR count). The molecular weight excluding hydrogens is 273 g/mol. The van der Waals surface area contributed by atoms with Gasteiger partial charge in [-0.25, -0.2) is 4.39 Å². The van der Waals surface area contributed by atoms with Crippen LogP contribution in [0, 0.1) is 18.7 Å². The van der Waals surface area contributed by atoms with Gasteiger partial charge in [0.25, 0.3) is 5.91 Å². The van der Waals surface area contributed by atoms with E-state index in [4.69, 9.17) is 5.11 Å². The highest BCUT2D eigenvalue weighted by molar-refractivity contribution is 5.94. The van der Waals surface area contributed by atoms with E-state index < -0.39 is 11.8 Å². The van der Waals surface area contributed by atoms with Gasteiger partial charge in [-0.2, -0.15) is 0 Å². The minimum Gasteiger partial charge on any atom is -0.481 e. The van der Waals surface area contributed by atoms with Gasteiger partial charge in [0.2, 0.25) is 0 Å². The Labute approximate surface area is 123 Å². The van der Waals surface area contributed by atoms with E-state index in [2.05, 4.69) is 0 Å². The molecule has 0 aromatic heterocycles. The van der Waals surface area contributed by atoms with Crippen molar-refractivity contribution in [1.29, 1.82) is 0 Å². The van der Waals surface area contributed by atoms with Gasteiger partial charge in [-0.3, -0.25) is 9.59 Å². The number of likely N-dealkylation sites (tertiary alicyclic amines) is 1. The highest BCUT2D eigenvalue weighted by atomic mass is 19.1. The van der Waals surface area contributed by atoms with Crippen LogP contribution >= 0.6 is 0 Å². The molecular formula is C16H20FNO3. The Kier molecular flexibility index (Phi) is 4.94. The van der Waals surface area contributed by atoms with Gasteiger partial charge < -0.3 is 10.0 Å². The molecule has 0 aliphatic carbocycles. The lowest BCUT2D eigenvalue weighted by molar-refractivity contribution is -0.137. The summed E-state index contributed by atoms with van der Waals surface area (Å²) in [5.41, 5.74) is 0.982. The van der Waals surface area contributed by atoms with E-state index in [-0.39, 0.29) is 17.9 Å². The summed E-state index contributed by atoms with van der Waals surface area (Å²) in [5, 5.41) is 8.68. The third-order valence-corrected chi connectivity index (χ3v) is 4.02. The molecule has 1 amide bonds. The zero-order chi connectivity index (χ0) is 15.4. The van der Waals surface area contributed by atoms with Gasteiger partial charge in [0.15, 0.2) is 0 Å². The Bertz CT molecular complexity index is 536. The molecule has 0 atom stereocenters. The van der Waals surface area contributed by atoms with Crippen LogP contribution in [0.15, 0.2) is 18.2 Å². The molecule has 1 fully saturated rings. The molecule has 1 aromatic carbocycles. The van der Waals surface area contributed by atoms with Crippen molar-refractivity contribution in [3.63, 3.8) is 0 Å². The Balaban J connectivity index is 1.94. The zero-order valence-electron chi connectivity index (χ0n) is 12.1. The van der Waals surface area contributed by atoms with Crippen molar-refractivity contribution in [3.8, 4) is 0 Å². The largest absolute Gasteiger partial charge is 0.481 e. The smallest absolute Gasteiger partial charge is 0.303 e. The molecule has 1 heterocycles. The van der Waals surface area contributed by atoms with Crippen LogP contribution < -0.4 is 0 Å². The Morgan fingerprint density at radius 3 is 2.62 bits per heavy atom. The van der Waals surface area contributed by atoms with Gasteiger partial charge in [-0.15, -0.1) is 0 Å². The molecule has 1 aromatic rings. The summed E-state index contributed by atoms with van der Waals surface area (Å²) >= 11 is 0. The lowest BCUT2D eigenvalue weighted by Gasteiger charge is -2.32. The van der Waals surface area contributed by atoms with Crippen LogP contribution in [0.1, 0.15) is 41.6 Å². The summed E-state index contributed by atoms with van der Waals surface area (Å²) in [7, 11) is 0. The van der Waals surface area contributed by atoms with Crippen molar-refractivity contribution >= 4 is 11.9 Å². The van der Waals surface area contributed by atoms with Gasteiger partial charge in [0.1, 0.15) is 5.82 Å². The average Bonchev–Trinajstić information content (AvgIpc) is 2.47. The summed E-state index contributed by atoms with van der Waals surface area (Å²) in [6.07, 6.45) is 2.39. The van der Waals surface area contributed by atoms with Gasteiger partial charge in [-0.1, -0.05) is 11.6 Å². The number of carbonyl (C=O) groups is 2. The number of carboxylic acids is 1. The van der Waals surface area contributed by atoms with Crippen LogP contribution in [-0.4, -0.2) is 35.0 Å². The number of aliphatic carboxylic acids is 1. The van der Waals surface area contributed by atoms with E-state index in [1.165, 1.54) is 6.07 Å². The number of nitrogens with zero attached hydrogens (tertiary/aromatic N) is 1. The van der Waals surface area contributed by atoms with Crippen LogP contribution in [0.25, 0.3) is 0 Å². The second-order valence-corrected chi connectivity index (χ2v) is 5.65. The SMILES string of the molecule is Cc1ccc(F)c(C(=O)N2CCC(CCC(=O)O)CC2)c1. The summed E-state index contributed by atoms with van der Waals surface area (Å²) in [6, 6.07) is 4.54. The van der Waals surface area contributed by atoms with E-state index in [1.54, 1.807) is 17.0 Å². The first-order chi connectivity index (χ1) is 9.97. The standard InChI is InChI=1S/C16H20FNO3/c1-11-2-4-14(17)13(10-11)16(21)18-8-6-12(7-9-18)3-5-15(19)20/h2,4,10,12H,3,5-9H2,1H3,(H,19,20). The van der Waals surface area contributed by atoms with Gasteiger partial charge in [0.05, 0.1) is 5.56 Å². The molecule has 1 aliphatic rings. The number of amides is 1. The molecule has 0 saturated carbocycles. The molecule has 0 unspecified atom stereocenters. The number of hydrogen-bond donors (Lipinski definition) is 1. The van der Waals surface area contributed by atoms with Gasteiger partial charge in [-0.05, 0) is 44.2 Å². The summed E-state index contributed by atoms with van der Waals surface area (Å²) < 4.78 is 13.7. The Morgan fingerprint density at radius 1 is 1.33 bits per heavy atom. The summed E-state index contributed by atoms with van der Waals surface area (Å²) in [6.45, 7) is 2.96. The predicted molar refractivity (Wildman–Crippen MR) is 76.6 cm³/mol. The lowest BCUT2D eigenvalue weighted by atomic mass is 9.92. The number of piperidine rings is 1. The fourth-order valence-corrected chi connectivity index (χ4v) is 2.73. The molecule has 114 valence electrons. The first-order valence-corrected chi connectivity index (χ1v) is 7.24. The highest BCUT2D eigenvalue weighted by Gasteiger charge is 2.25. The monoisotopic (exact) mass is 293 g/mol. The average molecular weight is 293 g/mol. The van der Waals surface area contributed by atoms with E-state index >= 15 is 0 Å². The number of carboxylic acid groups (broad SMARTS) is 1. The summed E-state index contributed by atoms with van der Waals surface area (Å²) in [4.78, 5) is 24.6. The lowest BCUT2D eigenvalue weighted by Crippen LogP contribution is -2.39. The second kappa shape index (κ2) is 6.70. The second-order valence-electron chi connectivity index (χ2n) is 5.65.